The zero-order valence-corrected chi connectivity index (χ0v) is 18.2. The molecule has 0 saturated carbocycles. The third kappa shape index (κ3) is 4.74. The van der Waals surface area contributed by atoms with Gasteiger partial charge in [-0.2, -0.15) is 5.26 Å². The summed E-state index contributed by atoms with van der Waals surface area (Å²) in [6.07, 6.45) is 1.23. The van der Waals surface area contributed by atoms with Gasteiger partial charge in [-0.05, 0) is 45.0 Å². The smallest absolute Gasteiger partial charge is 0.410 e. The molecule has 0 unspecified atom stereocenters. The summed E-state index contributed by atoms with van der Waals surface area (Å²) in [5.41, 5.74) is 7.55. The Balaban J connectivity index is 1.73. The van der Waals surface area contributed by atoms with Gasteiger partial charge in [0.1, 0.15) is 11.7 Å². The number of nitrogen functional groups attached to an aromatic ring is 1. The van der Waals surface area contributed by atoms with Crippen molar-refractivity contribution in [1.82, 2.24) is 9.47 Å². The molecule has 9 nitrogen and oxygen atoms in total. The van der Waals surface area contributed by atoms with E-state index in [-0.39, 0.29) is 23.0 Å². The molecule has 31 heavy (non-hydrogen) atoms. The van der Waals surface area contributed by atoms with Crippen molar-refractivity contribution in [3.05, 3.63) is 41.7 Å². The van der Waals surface area contributed by atoms with Crippen LogP contribution in [0.1, 0.15) is 36.8 Å². The molecule has 1 fully saturated rings. The molecule has 1 aromatic heterocycles. The minimum atomic E-state index is -0.610. The minimum absolute atomic E-state index is 0.0942. The van der Waals surface area contributed by atoms with Gasteiger partial charge in [0.25, 0.3) is 0 Å². The second-order valence-electron chi connectivity index (χ2n) is 8.25. The Hall–Kier alpha value is -3.67. The largest absolute Gasteiger partial charge is 0.464 e. The molecule has 9 heteroatoms. The van der Waals surface area contributed by atoms with E-state index in [1.165, 1.54) is 13.3 Å². The molecule has 0 spiro atoms. The predicted octanol–water partition coefficient (Wildman–Crippen LogP) is 2.77. The number of nitrogens with two attached hydrogens (primary N) is 1. The zero-order chi connectivity index (χ0) is 22.8. The number of hydrogen-bond donors (Lipinski definition) is 1. The second-order valence-corrected chi connectivity index (χ2v) is 8.25. The SMILES string of the molecule is COC(=O)c1c(N)c(C#N)cn1-c1ccc(N2CCN(C(=O)OC(C)(C)C)CC2)cc1. The van der Waals surface area contributed by atoms with E-state index < -0.39 is 11.6 Å². The van der Waals surface area contributed by atoms with E-state index in [0.717, 1.165) is 5.69 Å². The fraction of sp³-hybridized carbons (Fsp3) is 0.409. The summed E-state index contributed by atoms with van der Waals surface area (Å²) in [6, 6.07) is 9.56. The number of anilines is 2. The topological polar surface area (TPSA) is 114 Å². The number of benzene rings is 1. The third-order valence-electron chi connectivity index (χ3n) is 4.97. The third-order valence-corrected chi connectivity index (χ3v) is 4.97. The first-order valence-electron chi connectivity index (χ1n) is 9.97. The number of amides is 1. The Kier molecular flexibility index (Phi) is 6.11. The fourth-order valence-electron chi connectivity index (χ4n) is 3.42. The van der Waals surface area contributed by atoms with E-state index in [0.29, 0.717) is 31.9 Å². The predicted molar refractivity (Wildman–Crippen MR) is 116 cm³/mol. The Bertz CT molecular complexity index is 1010. The summed E-state index contributed by atoms with van der Waals surface area (Å²) < 4.78 is 11.8. The molecule has 2 N–H and O–H groups in total. The van der Waals surface area contributed by atoms with Crippen LogP contribution in [0.2, 0.25) is 0 Å². The van der Waals surface area contributed by atoms with Crippen LogP contribution < -0.4 is 10.6 Å². The molecule has 2 aromatic rings. The van der Waals surface area contributed by atoms with Crippen LogP contribution in [0.15, 0.2) is 30.5 Å². The van der Waals surface area contributed by atoms with Crippen molar-refractivity contribution in [1.29, 1.82) is 5.26 Å². The molecule has 0 atom stereocenters. The monoisotopic (exact) mass is 425 g/mol. The van der Waals surface area contributed by atoms with Gasteiger partial charge in [-0.1, -0.05) is 0 Å². The van der Waals surface area contributed by atoms with E-state index in [9.17, 15) is 14.9 Å². The molecule has 0 bridgehead atoms. The quantitative estimate of drug-likeness (QED) is 0.752. The van der Waals surface area contributed by atoms with Gasteiger partial charge in [0.05, 0.1) is 18.4 Å². The number of methoxy groups -OCH3 is 1. The standard InChI is InChI=1S/C22H27N5O4/c1-22(2,3)31-21(29)26-11-9-25(10-12-26)16-5-7-17(8-6-16)27-14-15(13-23)18(24)19(27)20(28)30-4/h5-8,14H,9-12,24H2,1-4H3. The van der Waals surface area contributed by atoms with Crippen molar-refractivity contribution < 1.29 is 19.1 Å². The van der Waals surface area contributed by atoms with Crippen molar-refractivity contribution in [2.45, 2.75) is 26.4 Å². The minimum Gasteiger partial charge on any atom is -0.464 e. The number of ether oxygens (including phenoxy) is 2. The first-order valence-corrected chi connectivity index (χ1v) is 9.97. The fourth-order valence-corrected chi connectivity index (χ4v) is 3.42. The van der Waals surface area contributed by atoms with Crippen molar-refractivity contribution in [3.8, 4) is 11.8 Å². The number of nitriles is 1. The zero-order valence-electron chi connectivity index (χ0n) is 18.2. The maximum atomic E-state index is 12.2. The summed E-state index contributed by atoms with van der Waals surface area (Å²) in [4.78, 5) is 28.3. The van der Waals surface area contributed by atoms with Gasteiger partial charge in [-0.15, -0.1) is 0 Å². The lowest BCUT2D eigenvalue weighted by Gasteiger charge is -2.36. The molecule has 1 amide bonds. The molecule has 0 aliphatic carbocycles. The van der Waals surface area contributed by atoms with Gasteiger partial charge in [-0.3, -0.25) is 0 Å². The number of rotatable bonds is 3. The molecule has 3 rings (SSSR count). The van der Waals surface area contributed by atoms with Gasteiger partial charge >= 0.3 is 12.1 Å². The molecule has 0 radical (unpaired) electrons. The van der Waals surface area contributed by atoms with Gasteiger partial charge in [0.2, 0.25) is 0 Å². The number of carbonyl (C=O) groups is 2. The molecule has 1 aliphatic heterocycles. The molecule has 1 saturated heterocycles. The summed E-state index contributed by atoms with van der Waals surface area (Å²) >= 11 is 0. The highest BCUT2D eigenvalue weighted by Gasteiger charge is 2.26. The highest BCUT2D eigenvalue weighted by Crippen LogP contribution is 2.26. The lowest BCUT2D eigenvalue weighted by molar-refractivity contribution is 0.0240. The Morgan fingerprint density at radius 3 is 2.16 bits per heavy atom. The Morgan fingerprint density at radius 2 is 1.65 bits per heavy atom. The number of hydrogen-bond acceptors (Lipinski definition) is 7. The number of esters is 1. The van der Waals surface area contributed by atoms with E-state index in [1.807, 2.05) is 51.1 Å². The van der Waals surface area contributed by atoms with Crippen LogP contribution in [0, 0.1) is 11.3 Å². The highest BCUT2D eigenvalue weighted by molar-refractivity contribution is 5.96. The summed E-state index contributed by atoms with van der Waals surface area (Å²) in [7, 11) is 1.27. The van der Waals surface area contributed by atoms with Gasteiger partial charge in [0.15, 0.2) is 5.69 Å². The number of aromatic nitrogens is 1. The van der Waals surface area contributed by atoms with E-state index >= 15 is 0 Å². The molecular weight excluding hydrogens is 398 g/mol. The number of piperazine rings is 1. The van der Waals surface area contributed by atoms with Crippen LogP contribution in [-0.2, 0) is 9.47 Å². The van der Waals surface area contributed by atoms with Crippen molar-refractivity contribution in [2.24, 2.45) is 0 Å². The van der Waals surface area contributed by atoms with Gasteiger partial charge in [0, 0.05) is 43.8 Å². The first kappa shape index (κ1) is 22.0. The molecule has 2 heterocycles. The number of carbonyl (C=O) groups excluding carboxylic acids is 2. The van der Waals surface area contributed by atoms with Crippen LogP contribution in [0.4, 0.5) is 16.2 Å². The van der Waals surface area contributed by atoms with Crippen molar-refractivity contribution >= 4 is 23.4 Å². The van der Waals surface area contributed by atoms with Crippen LogP contribution in [0.25, 0.3) is 5.69 Å². The summed E-state index contributed by atoms with van der Waals surface area (Å²) in [6.45, 7) is 8.07. The van der Waals surface area contributed by atoms with Crippen LogP contribution in [0.3, 0.4) is 0 Å². The molecule has 1 aromatic carbocycles. The van der Waals surface area contributed by atoms with Crippen molar-refractivity contribution in [3.63, 3.8) is 0 Å². The van der Waals surface area contributed by atoms with Crippen LogP contribution in [-0.4, -0.2) is 60.4 Å². The average Bonchev–Trinajstić information content (AvgIpc) is 3.08. The molecule has 1 aliphatic rings. The van der Waals surface area contributed by atoms with E-state index in [2.05, 4.69) is 4.90 Å². The van der Waals surface area contributed by atoms with Gasteiger partial charge < -0.3 is 29.6 Å². The summed E-state index contributed by atoms with van der Waals surface area (Å²) in [5, 5.41) is 9.26. The maximum Gasteiger partial charge on any atom is 0.410 e. The van der Waals surface area contributed by atoms with E-state index in [1.54, 1.807) is 9.47 Å². The van der Waals surface area contributed by atoms with Crippen molar-refractivity contribution in [2.75, 3.05) is 43.9 Å². The van der Waals surface area contributed by atoms with Crippen LogP contribution >= 0.6 is 0 Å². The van der Waals surface area contributed by atoms with Gasteiger partial charge in [-0.25, -0.2) is 9.59 Å². The maximum absolute atomic E-state index is 12.2. The molecular formula is C22H27N5O4. The Morgan fingerprint density at radius 1 is 1.06 bits per heavy atom. The second kappa shape index (κ2) is 8.60. The number of nitrogens with zero attached hydrogens (tertiary/aromatic N) is 4. The first-order chi connectivity index (χ1) is 14.6. The molecule has 164 valence electrons. The summed E-state index contributed by atoms with van der Waals surface area (Å²) in [5.74, 6) is -0.610. The lowest BCUT2D eigenvalue weighted by atomic mass is 10.2. The lowest BCUT2D eigenvalue weighted by Crippen LogP contribution is -2.50. The normalized spacial score (nSPS) is 14.2. The Labute approximate surface area is 181 Å². The van der Waals surface area contributed by atoms with E-state index in [4.69, 9.17) is 15.2 Å². The highest BCUT2D eigenvalue weighted by atomic mass is 16.6. The van der Waals surface area contributed by atoms with Crippen LogP contribution in [0.5, 0.6) is 0 Å². The average molecular weight is 425 g/mol.